The van der Waals surface area contributed by atoms with Crippen LogP contribution in [0, 0.1) is 5.92 Å². The molecule has 0 amide bonds. The summed E-state index contributed by atoms with van der Waals surface area (Å²) in [6.07, 6.45) is 4.32. The van der Waals surface area contributed by atoms with Crippen LogP contribution in [-0.2, 0) is 9.53 Å². The fourth-order valence-electron chi connectivity index (χ4n) is 1.59. The largest absolute Gasteiger partial charge is 0.508 e. The summed E-state index contributed by atoms with van der Waals surface area (Å²) in [5, 5.41) is 9.41. The highest BCUT2D eigenvalue weighted by atomic mass is 16.6. The maximum atomic E-state index is 10.8. The summed E-state index contributed by atoms with van der Waals surface area (Å²) >= 11 is 0. The summed E-state index contributed by atoms with van der Waals surface area (Å²) in [5.74, 6) is 0.298. The van der Waals surface area contributed by atoms with Crippen LogP contribution in [0.1, 0.15) is 26.2 Å². The number of ether oxygens (including phenoxy) is 1. The molecule has 0 aromatic rings. The van der Waals surface area contributed by atoms with E-state index in [2.05, 4.69) is 0 Å². The maximum Gasteiger partial charge on any atom is 0.335 e. The van der Waals surface area contributed by atoms with Crippen molar-refractivity contribution < 1.29 is 14.6 Å². The predicted molar refractivity (Wildman–Crippen MR) is 42.5 cm³/mol. The Balaban J connectivity index is 2.09. The molecule has 12 heavy (non-hydrogen) atoms. The third kappa shape index (κ3) is 1.19. The Hall–Kier alpha value is -0.990. The zero-order valence-electron chi connectivity index (χ0n) is 7.04. The Labute approximate surface area is 71.0 Å². The molecule has 2 aliphatic rings. The smallest absolute Gasteiger partial charge is 0.335 e. The first-order valence-corrected chi connectivity index (χ1v) is 4.24. The molecule has 0 spiro atoms. The molecule has 0 aromatic heterocycles. The minimum Gasteiger partial charge on any atom is -0.508 e. The van der Waals surface area contributed by atoms with Crippen molar-refractivity contribution in [2.45, 2.75) is 31.8 Å². The van der Waals surface area contributed by atoms with Gasteiger partial charge in [0.25, 0.3) is 0 Å². The number of rotatable bonds is 2. The van der Waals surface area contributed by atoms with Crippen LogP contribution in [0.3, 0.4) is 0 Å². The Morgan fingerprint density at radius 3 is 2.83 bits per heavy atom. The van der Waals surface area contributed by atoms with Gasteiger partial charge in [0.05, 0.1) is 6.08 Å². The molecule has 1 aliphatic carbocycles. The summed E-state index contributed by atoms with van der Waals surface area (Å²) in [5.41, 5.74) is -0.724. The zero-order chi connectivity index (χ0) is 8.77. The van der Waals surface area contributed by atoms with E-state index < -0.39 is 11.6 Å². The molecule has 3 heteroatoms. The van der Waals surface area contributed by atoms with Gasteiger partial charge in [0, 0.05) is 0 Å². The summed E-state index contributed by atoms with van der Waals surface area (Å²) < 4.78 is 5.03. The molecule has 0 aromatic carbocycles. The van der Waals surface area contributed by atoms with Gasteiger partial charge in [-0.15, -0.1) is 0 Å². The van der Waals surface area contributed by atoms with Crippen molar-refractivity contribution in [2.75, 3.05) is 0 Å². The van der Waals surface area contributed by atoms with Crippen LogP contribution >= 0.6 is 0 Å². The van der Waals surface area contributed by atoms with Gasteiger partial charge in [0.1, 0.15) is 5.76 Å². The molecule has 1 unspecified atom stereocenters. The van der Waals surface area contributed by atoms with E-state index >= 15 is 0 Å². The van der Waals surface area contributed by atoms with Crippen molar-refractivity contribution in [2.24, 2.45) is 5.92 Å². The van der Waals surface area contributed by atoms with Gasteiger partial charge < -0.3 is 9.84 Å². The van der Waals surface area contributed by atoms with Crippen molar-refractivity contribution in [1.82, 2.24) is 0 Å². The fourth-order valence-corrected chi connectivity index (χ4v) is 1.59. The molecule has 3 nitrogen and oxygen atoms in total. The Bertz CT molecular complexity index is 252. The summed E-state index contributed by atoms with van der Waals surface area (Å²) in [4.78, 5) is 10.8. The highest BCUT2D eigenvalue weighted by molar-refractivity contribution is 5.86. The van der Waals surface area contributed by atoms with Crippen molar-refractivity contribution in [3.63, 3.8) is 0 Å². The molecule has 0 bridgehead atoms. The highest BCUT2D eigenvalue weighted by Gasteiger charge is 2.43. The fraction of sp³-hybridized carbons (Fsp3) is 0.667. The number of aliphatic hydroxyl groups excluding tert-OH is 1. The Morgan fingerprint density at radius 2 is 2.42 bits per heavy atom. The van der Waals surface area contributed by atoms with Crippen LogP contribution in [0.4, 0.5) is 0 Å². The topological polar surface area (TPSA) is 46.5 Å². The van der Waals surface area contributed by atoms with E-state index in [1.54, 1.807) is 6.92 Å². The summed E-state index contributed by atoms with van der Waals surface area (Å²) in [7, 11) is 0. The van der Waals surface area contributed by atoms with Crippen molar-refractivity contribution in [3.8, 4) is 0 Å². The second kappa shape index (κ2) is 2.25. The van der Waals surface area contributed by atoms with E-state index in [-0.39, 0.29) is 5.76 Å². The molecule has 2 rings (SSSR count). The van der Waals surface area contributed by atoms with E-state index in [0.29, 0.717) is 5.92 Å². The highest BCUT2D eigenvalue weighted by Crippen LogP contribution is 2.42. The molecule has 1 saturated carbocycles. The lowest BCUT2D eigenvalue weighted by Gasteiger charge is -2.22. The first-order valence-electron chi connectivity index (χ1n) is 4.24. The molecule has 1 atom stereocenters. The maximum absolute atomic E-state index is 10.8. The van der Waals surface area contributed by atoms with Gasteiger partial charge in [0.2, 0.25) is 0 Å². The lowest BCUT2D eigenvalue weighted by atomic mass is 9.98. The number of hydrogen-bond donors (Lipinski definition) is 1. The third-order valence-corrected chi connectivity index (χ3v) is 2.50. The Kier molecular flexibility index (Phi) is 1.43. The van der Waals surface area contributed by atoms with Gasteiger partial charge in [-0.05, 0) is 19.3 Å². The van der Waals surface area contributed by atoms with Gasteiger partial charge in [-0.25, -0.2) is 4.79 Å². The molecular weight excluding hydrogens is 156 g/mol. The quantitative estimate of drug-likeness (QED) is 0.636. The lowest BCUT2D eigenvalue weighted by molar-refractivity contribution is -0.146. The lowest BCUT2D eigenvalue weighted by Crippen LogP contribution is -2.28. The molecule has 1 N–H and O–H groups in total. The number of carbonyl (C=O) groups excluding carboxylic acids is 1. The van der Waals surface area contributed by atoms with Gasteiger partial charge in [0.15, 0.2) is 5.60 Å². The minimum absolute atomic E-state index is 0.0828. The predicted octanol–water partition coefficient (Wildman–Crippen LogP) is 1.54. The summed E-state index contributed by atoms with van der Waals surface area (Å²) in [6, 6.07) is 0. The number of esters is 1. The van der Waals surface area contributed by atoms with Crippen molar-refractivity contribution in [1.29, 1.82) is 0 Å². The SMILES string of the molecule is CC1(CC2CC2)OC(=O)C=C1O. The van der Waals surface area contributed by atoms with Gasteiger partial charge >= 0.3 is 5.97 Å². The van der Waals surface area contributed by atoms with Crippen LogP contribution in [0.25, 0.3) is 0 Å². The first kappa shape index (κ1) is 7.65. The molecule has 0 saturated heterocycles. The van der Waals surface area contributed by atoms with E-state index in [4.69, 9.17) is 4.74 Å². The van der Waals surface area contributed by atoms with Crippen LogP contribution in [0.2, 0.25) is 0 Å². The number of cyclic esters (lactones) is 1. The van der Waals surface area contributed by atoms with E-state index in [1.165, 1.54) is 18.9 Å². The average Bonchev–Trinajstić information content (AvgIpc) is 2.65. The van der Waals surface area contributed by atoms with Crippen LogP contribution in [0.15, 0.2) is 11.8 Å². The minimum atomic E-state index is -0.724. The van der Waals surface area contributed by atoms with Crippen molar-refractivity contribution in [3.05, 3.63) is 11.8 Å². The van der Waals surface area contributed by atoms with Crippen LogP contribution < -0.4 is 0 Å². The van der Waals surface area contributed by atoms with Gasteiger partial charge in [-0.1, -0.05) is 12.8 Å². The molecular formula is C9H12O3. The number of hydrogen-bond acceptors (Lipinski definition) is 3. The molecule has 1 fully saturated rings. The standard InChI is InChI=1S/C9H12O3/c1-9(5-6-2-3-6)7(10)4-8(11)12-9/h4,6,10H,2-3,5H2,1H3. The normalized spacial score (nSPS) is 34.8. The van der Waals surface area contributed by atoms with E-state index in [1.807, 2.05) is 0 Å². The molecule has 1 aliphatic heterocycles. The second-order valence-corrected chi connectivity index (χ2v) is 3.83. The molecule has 1 heterocycles. The zero-order valence-corrected chi connectivity index (χ0v) is 7.04. The number of carbonyl (C=O) groups is 1. The molecule has 66 valence electrons. The van der Waals surface area contributed by atoms with Crippen molar-refractivity contribution >= 4 is 5.97 Å². The first-order chi connectivity index (χ1) is 5.60. The van der Waals surface area contributed by atoms with Crippen LogP contribution in [0.5, 0.6) is 0 Å². The number of aliphatic hydroxyl groups is 1. The van der Waals surface area contributed by atoms with E-state index in [0.717, 1.165) is 6.42 Å². The van der Waals surface area contributed by atoms with Gasteiger partial charge in [-0.2, -0.15) is 0 Å². The Morgan fingerprint density at radius 1 is 1.75 bits per heavy atom. The third-order valence-electron chi connectivity index (χ3n) is 2.50. The molecule has 0 radical (unpaired) electrons. The van der Waals surface area contributed by atoms with Gasteiger partial charge in [-0.3, -0.25) is 0 Å². The van der Waals surface area contributed by atoms with Crippen LogP contribution in [-0.4, -0.2) is 16.7 Å². The summed E-state index contributed by atoms with van der Waals surface area (Å²) in [6.45, 7) is 1.77. The second-order valence-electron chi connectivity index (χ2n) is 3.83. The van der Waals surface area contributed by atoms with E-state index in [9.17, 15) is 9.90 Å². The average molecular weight is 168 g/mol. The monoisotopic (exact) mass is 168 g/mol.